The zero-order valence-electron chi connectivity index (χ0n) is 9.94. The Morgan fingerprint density at radius 1 is 1.28 bits per heavy atom. The molecule has 0 unspecified atom stereocenters. The lowest BCUT2D eigenvalue weighted by Gasteiger charge is -2.07. The van der Waals surface area contributed by atoms with Crippen LogP contribution in [0, 0.1) is 5.41 Å². The second kappa shape index (κ2) is 4.75. The van der Waals surface area contributed by atoms with Crippen molar-refractivity contribution in [2.24, 2.45) is 10.8 Å². The summed E-state index contributed by atoms with van der Waals surface area (Å²) in [6, 6.07) is 11.3. The fourth-order valence-electron chi connectivity index (χ4n) is 1.75. The minimum atomic E-state index is -0.241. The number of phenolic OH excluding ortho intramolecular Hbond substituents is 1. The zero-order chi connectivity index (χ0) is 13.1. The van der Waals surface area contributed by atoms with Gasteiger partial charge in [0.2, 0.25) is 5.96 Å². The van der Waals surface area contributed by atoms with Gasteiger partial charge in [-0.3, -0.25) is 5.41 Å². The second-order valence-electron chi connectivity index (χ2n) is 3.91. The molecule has 0 atom stereocenters. The maximum Gasteiger partial charge on any atom is 0.206 e. The molecule has 0 spiro atoms. The number of phenols is 1. The Morgan fingerprint density at radius 3 is 2.72 bits per heavy atom. The van der Waals surface area contributed by atoms with Crippen LogP contribution in [0.3, 0.4) is 0 Å². The Hall–Kier alpha value is -2.56. The number of benzene rings is 2. The molecule has 0 amide bonds. The van der Waals surface area contributed by atoms with E-state index in [0.29, 0.717) is 11.3 Å². The first-order chi connectivity index (χ1) is 8.59. The molecule has 0 saturated carbocycles. The number of hydrogen-bond donors (Lipinski definition) is 4. The number of hydrazone groups is 1. The van der Waals surface area contributed by atoms with Gasteiger partial charge in [-0.1, -0.05) is 30.3 Å². The third-order valence-corrected chi connectivity index (χ3v) is 2.63. The van der Waals surface area contributed by atoms with Gasteiger partial charge in [0.1, 0.15) is 5.75 Å². The fraction of sp³-hybridized carbons (Fsp3) is 0.0769. The van der Waals surface area contributed by atoms with Crippen LogP contribution in [0.15, 0.2) is 41.5 Å². The van der Waals surface area contributed by atoms with E-state index in [1.807, 2.05) is 30.3 Å². The van der Waals surface area contributed by atoms with Gasteiger partial charge in [-0.25, -0.2) is 5.43 Å². The number of fused-ring (bicyclic) bond motifs is 1. The number of hydrogen-bond acceptors (Lipinski definition) is 3. The third kappa shape index (κ3) is 2.24. The molecule has 5 N–H and O–H groups in total. The van der Waals surface area contributed by atoms with E-state index >= 15 is 0 Å². The molecule has 0 aliphatic heterocycles. The SMILES string of the molecule is C/C(=N/NC(=N)N)c1ccc2ccccc2c1O. The Labute approximate surface area is 104 Å². The van der Waals surface area contributed by atoms with E-state index in [0.717, 1.165) is 10.8 Å². The molecule has 0 heterocycles. The van der Waals surface area contributed by atoms with Crippen LogP contribution < -0.4 is 11.2 Å². The highest BCUT2D eigenvalue weighted by Gasteiger charge is 2.08. The van der Waals surface area contributed by atoms with Crippen molar-refractivity contribution in [1.29, 1.82) is 5.41 Å². The predicted octanol–water partition coefficient (Wildman–Crippen LogP) is 1.75. The molecule has 0 fully saturated rings. The van der Waals surface area contributed by atoms with Gasteiger partial charge in [0.05, 0.1) is 5.71 Å². The van der Waals surface area contributed by atoms with Crippen LogP contribution >= 0.6 is 0 Å². The van der Waals surface area contributed by atoms with Gasteiger partial charge < -0.3 is 10.8 Å². The predicted molar refractivity (Wildman–Crippen MR) is 72.9 cm³/mol. The van der Waals surface area contributed by atoms with Gasteiger partial charge in [0, 0.05) is 10.9 Å². The van der Waals surface area contributed by atoms with E-state index in [1.165, 1.54) is 0 Å². The van der Waals surface area contributed by atoms with Crippen LogP contribution in [0.25, 0.3) is 10.8 Å². The van der Waals surface area contributed by atoms with Gasteiger partial charge in [-0.15, -0.1) is 0 Å². The Morgan fingerprint density at radius 2 is 2.00 bits per heavy atom. The first kappa shape index (κ1) is 11.9. The Bertz CT molecular complexity index is 634. The maximum atomic E-state index is 10.2. The molecule has 2 rings (SSSR count). The van der Waals surface area contributed by atoms with Crippen molar-refractivity contribution >= 4 is 22.4 Å². The van der Waals surface area contributed by atoms with Crippen LogP contribution in [-0.2, 0) is 0 Å². The molecule has 0 aliphatic carbocycles. The number of nitrogens with one attached hydrogen (secondary N) is 2. The van der Waals surface area contributed by atoms with E-state index in [4.69, 9.17) is 11.1 Å². The van der Waals surface area contributed by atoms with E-state index in [9.17, 15) is 5.11 Å². The normalized spacial score (nSPS) is 11.5. The Balaban J connectivity index is 2.49. The van der Waals surface area contributed by atoms with Gasteiger partial charge in [0.25, 0.3) is 0 Å². The number of nitrogens with zero attached hydrogens (tertiary/aromatic N) is 1. The lowest BCUT2D eigenvalue weighted by molar-refractivity contribution is 0.480. The van der Waals surface area contributed by atoms with E-state index in [1.54, 1.807) is 13.0 Å². The van der Waals surface area contributed by atoms with Crippen LogP contribution in [0.2, 0.25) is 0 Å². The van der Waals surface area contributed by atoms with E-state index in [2.05, 4.69) is 10.5 Å². The van der Waals surface area contributed by atoms with Gasteiger partial charge in [-0.05, 0) is 18.4 Å². The summed E-state index contributed by atoms with van der Waals surface area (Å²) in [5.74, 6) is -0.0608. The molecular weight excluding hydrogens is 228 g/mol. The largest absolute Gasteiger partial charge is 0.507 e. The molecule has 5 heteroatoms. The fourth-order valence-corrected chi connectivity index (χ4v) is 1.75. The van der Waals surface area contributed by atoms with Crippen molar-refractivity contribution < 1.29 is 5.11 Å². The summed E-state index contributed by atoms with van der Waals surface area (Å²) in [7, 11) is 0. The highest BCUT2D eigenvalue weighted by molar-refractivity contribution is 6.06. The van der Waals surface area contributed by atoms with Crippen LogP contribution in [0.4, 0.5) is 0 Å². The summed E-state index contributed by atoms with van der Waals surface area (Å²) in [4.78, 5) is 0. The number of rotatable bonds is 2. The maximum absolute atomic E-state index is 10.2. The molecule has 0 saturated heterocycles. The molecule has 18 heavy (non-hydrogen) atoms. The summed E-state index contributed by atoms with van der Waals surface area (Å²) in [6.45, 7) is 1.74. The molecule has 0 radical (unpaired) electrons. The molecule has 2 aromatic carbocycles. The molecule has 2 aromatic rings. The van der Waals surface area contributed by atoms with E-state index in [-0.39, 0.29) is 11.7 Å². The first-order valence-corrected chi connectivity index (χ1v) is 5.45. The third-order valence-electron chi connectivity index (χ3n) is 2.63. The standard InChI is InChI=1S/C13H14N4O/c1-8(16-17-13(14)15)10-7-6-9-4-2-3-5-11(9)12(10)18/h2-7,18H,1H3,(H4,14,15,17)/b16-8-. The minimum absolute atomic E-state index is 0.180. The van der Waals surface area contributed by atoms with Gasteiger partial charge in [0.15, 0.2) is 0 Å². The monoisotopic (exact) mass is 242 g/mol. The molecule has 0 aliphatic rings. The zero-order valence-corrected chi connectivity index (χ0v) is 9.94. The van der Waals surface area contributed by atoms with Crippen molar-refractivity contribution in [3.8, 4) is 5.75 Å². The van der Waals surface area contributed by atoms with Crippen molar-refractivity contribution in [3.05, 3.63) is 42.0 Å². The topological polar surface area (TPSA) is 94.5 Å². The van der Waals surface area contributed by atoms with Crippen LogP contribution in [-0.4, -0.2) is 16.8 Å². The second-order valence-corrected chi connectivity index (χ2v) is 3.91. The van der Waals surface area contributed by atoms with Crippen molar-refractivity contribution in [2.45, 2.75) is 6.92 Å². The number of guanidine groups is 1. The summed E-state index contributed by atoms with van der Waals surface area (Å²) < 4.78 is 0. The highest BCUT2D eigenvalue weighted by Crippen LogP contribution is 2.28. The molecule has 0 bridgehead atoms. The average Bonchev–Trinajstić information content (AvgIpc) is 2.37. The Kier molecular flexibility index (Phi) is 3.14. The summed E-state index contributed by atoms with van der Waals surface area (Å²) in [5.41, 5.74) is 8.68. The average molecular weight is 242 g/mol. The number of aromatic hydroxyl groups is 1. The summed E-state index contributed by atoms with van der Waals surface area (Å²) in [5, 5.41) is 22.9. The lowest BCUT2D eigenvalue weighted by Crippen LogP contribution is -2.26. The van der Waals surface area contributed by atoms with Crippen LogP contribution in [0.1, 0.15) is 12.5 Å². The van der Waals surface area contributed by atoms with Crippen molar-refractivity contribution in [1.82, 2.24) is 5.43 Å². The van der Waals surface area contributed by atoms with Crippen molar-refractivity contribution in [2.75, 3.05) is 0 Å². The molecule has 0 aromatic heterocycles. The van der Waals surface area contributed by atoms with Gasteiger partial charge >= 0.3 is 0 Å². The highest BCUT2D eigenvalue weighted by atomic mass is 16.3. The molecule has 92 valence electrons. The van der Waals surface area contributed by atoms with Gasteiger partial charge in [-0.2, -0.15) is 5.10 Å². The summed E-state index contributed by atoms with van der Waals surface area (Å²) in [6.07, 6.45) is 0. The summed E-state index contributed by atoms with van der Waals surface area (Å²) >= 11 is 0. The first-order valence-electron chi connectivity index (χ1n) is 5.45. The lowest BCUT2D eigenvalue weighted by atomic mass is 10.0. The minimum Gasteiger partial charge on any atom is -0.507 e. The van der Waals surface area contributed by atoms with Crippen molar-refractivity contribution in [3.63, 3.8) is 0 Å². The molecular formula is C13H14N4O. The molecule has 5 nitrogen and oxygen atoms in total. The smallest absolute Gasteiger partial charge is 0.206 e. The van der Waals surface area contributed by atoms with Crippen LogP contribution in [0.5, 0.6) is 5.75 Å². The number of nitrogens with two attached hydrogens (primary N) is 1. The van der Waals surface area contributed by atoms with E-state index < -0.39 is 0 Å². The quantitative estimate of drug-likeness (QED) is 0.367.